The Kier molecular flexibility index (Phi) is 11.6. The van der Waals surface area contributed by atoms with E-state index in [2.05, 4.69) is 27.8 Å². The van der Waals surface area contributed by atoms with Gasteiger partial charge in [-0.2, -0.15) is 0 Å². The first-order chi connectivity index (χ1) is 21.5. The Hall–Kier alpha value is -3.96. The first kappa shape index (κ1) is 36.5. The number of ketones is 2. The fourth-order valence-electron chi connectivity index (χ4n) is 6.39. The van der Waals surface area contributed by atoms with Crippen LogP contribution < -0.4 is 21.3 Å². The van der Waals surface area contributed by atoms with Gasteiger partial charge < -0.3 is 30.6 Å². The summed E-state index contributed by atoms with van der Waals surface area (Å²) in [4.78, 5) is 81.6. The second-order valence-electron chi connectivity index (χ2n) is 14.4. The van der Waals surface area contributed by atoms with Crippen LogP contribution in [-0.2, 0) is 19.2 Å². The van der Waals surface area contributed by atoms with Crippen LogP contribution in [0.3, 0.4) is 0 Å². The lowest BCUT2D eigenvalue weighted by Crippen LogP contribution is -2.62. The Labute approximate surface area is 271 Å². The summed E-state index contributed by atoms with van der Waals surface area (Å²) in [6.45, 7) is 19.0. The Morgan fingerprint density at radius 1 is 1.11 bits per heavy atom. The van der Waals surface area contributed by atoms with Crippen molar-refractivity contribution in [3.05, 3.63) is 36.8 Å². The van der Waals surface area contributed by atoms with Crippen molar-refractivity contribution in [1.29, 1.82) is 0 Å². The number of carbonyl (C=O) groups excluding carboxylic acids is 6. The van der Waals surface area contributed by atoms with Crippen molar-refractivity contribution in [2.45, 2.75) is 98.8 Å². The number of hydrogen-bond acceptors (Lipinski definition) is 7. The standard InChI is InChI=1S/C34H51N5O7/c1-10-12-14-21(26(40)30(43)35-16-11-2)36-29(42)25-23-20(34(23,8)9)18-39(25)31(44)28(33(5,6)7)38-32(45)37-24(19(3)4)27(41)22-15-13-17-46-22/h11,13,15,17,19-21,23-25,28H,2,10,12,14,16,18H2,1,3-9H3,(H,35,43)(H,36,42)(H2,37,38,45)/t20-,21?,23-,24-,25-,28+/m0/s1. The van der Waals surface area contributed by atoms with Crippen LogP contribution in [0.4, 0.5) is 4.79 Å². The van der Waals surface area contributed by atoms with Crippen molar-refractivity contribution in [2.24, 2.45) is 28.6 Å². The summed E-state index contributed by atoms with van der Waals surface area (Å²) in [5.74, 6) is -3.14. The molecule has 0 aromatic carbocycles. The lowest BCUT2D eigenvalue weighted by molar-refractivity contribution is -0.145. The zero-order valence-electron chi connectivity index (χ0n) is 28.4. The second kappa shape index (κ2) is 14.6. The van der Waals surface area contributed by atoms with E-state index in [9.17, 15) is 28.8 Å². The molecule has 1 aromatic rings. The van der Waals surface area contributed by atoms with E-state index in [0.29, 0.717) is 13.0 Å². The van der Waals surface area contributed by atoms with Gasteiger partial charge in [0.15, 0.2) is 5.76 Å². The van der Waals surface area contributed by atoms with E-state index < -0.39 is 64.9 Å². The summed E-state index contributed by atoms with van der Waals surface area (Å²) >= 11 is 0. The Morgan fingerprint density at radius 2 is 1.78 bits per heavy atom. The summed E-state index contributed by atoms with van der Waals surface area (Å²) in [6, 6.07) is -1.46. The number of likely N-dealkylation sites (tertiary alicyclic amines) is 1. The largest absolute Gasteiger partial charge is 0.461 e. The van der Waals surface area contributed by atoms with Crippen LogP contribution in [0.15, 0.2) is 35.5 Å². The molecule has 0 radical (unpaired) electrons. The molecule has 0 bridgehead atoms. The highest BCUT2D eigenvalue weighted by atomic mass is 16.3. The van der Waals surface area contributed by atoms with Crippen molar-refractivity contribution >= 4 is 35.3 Å². The quantitative estimate of drug-likeness (QED) is 0.130. The number of nitrogens with one attached hydrogen (secondary N) is 4. The summed E-state index contributed by atoms with van der Waals surface area (Å²) < 4.78 is 5.24. The van der Waals surface area contributed by atoms with Gasteiger partial charge in [0.05, 0.1) is 18.3 Å². The van der Waals surface area contributed by atoms with Crippen LogP contribution in [0.1, 0.15) is 85.2 Å². The monoisotopic (exact) mass is 641 g/mol. The van der Waals surface area contributed by atoms with Gasteiger partial charge in [-0.25, -0.2) is 4.79 Å². The maximum Gasteiger partial charge on any atom is 0.316 e. The summed E-state index contributed by atoms with van der Waals surface area (Å²) in [6.07, 6.45) is 4.49. The molecule has 0 spiro atoms. The van der Waals surface area contributed by atoms with Crippen LogP contribution in [0.2, 0.25) is 0 Å². The van der Waals surface area contributed by atoms with Crippen molar-refractivity contribution in [3.63, 3.8) is 0 Å². The van der Waals surface area contributed by atoms with Gasteiger partial charge in [0, 0.05) is 13.1 Å². The predicted octanol–water partition coefficient (Wildman–Crippen LogP) is 3.23. The average Bonchev–Trinajstić information content (AvgIpc) is 3.44. The third kappa shape index (κ3) is 8.06. The molecule has 254 valence electrons. The molecular weight excluding hydrogens is 590 g/mol. The van der Waals surface area contributed by atoms with E-state index in [1.807, 2.05) is 20.8 Å². The minimum Gasteiger partial charge on any atom is -0.461 e. The molecule has 12 heteroatoms. The van der Waals surface area contributed by atoms with E-state index in [0.717, 1.165) is 6.42 Å². The molecule has 1 aliphatic heterocycles. The molecule has 1 aliphatic carbocycles. The summed E-state index contributed by atoms with van der Waals surface area (Å²) in [5, 5.41) is 10.8. The van der Waals surface area contributed by atoms with Gasteiger partial charge in [-0.3, -0.25) is 24.0 Å². The van der Waals surface area contributed by atoms with E-state index in [-0.39, 0.29) is 41.9 Å². The number of hydrogen-bond donors (Lipinski definition) is 4. The number of furan rings is 1. The van der Waals surface area contributed by atoms with E-state index in [1.165, 1.54) is 23.3 Å². The van der Waals surface area contributed by atoms with Gasteiger partial charge in [-0.15, -0.1) is 6.58 Å². The molecule has 2 fully saturated rings. The number of amides is 5. The van der Waals surface area contributed by atoms with Crippen molar-refractivity contribution in [2.75, 3.05) is 13.1 Å². The van der Waals surface area contributed by atoms with E-state index in [4.69, 9.17) is 4.42 Å². The molecule has 1 aromatic heterocycles. The lowest BCUT2D eigenvalue weighted by Gasteiger charge is -2.38. The van der Waals surface area contributed by atoms with Gasteiger partial charge in [-0.1, -0.05) is 74.3 Å². The first-order valence-corrected chi connectivity index (χ1v) is 16.2. The van der Waals surface area contributed by atoms with Gasteiger partial charge >= 0.3 is 6.03 Å². The first-order valence-electron chi connectivity index (χ1n) is 16.2. The fourth-order valence-corrected chi connectivity index (χ4v) is 6.39. The molecule has 1 saturated carbocycles. The highest BCUT2D eigenvalue weighted by molar-refractivity contribution is 6.38. The number of carbonyl (C=O) groups is 6. The number of Topliss-reactive ketones (excluding diaryl/α,β-unsaturated/α-hetero) is 2. The average molecular weight is 642 g/mol. The summed E-state index contributed by atoms with van der Waals surface area (Å²) in [7, 11) is 0. The van der Waals surface area contributed by atoms with Gasteiger partial charge in [0.25, 0.3) is 5.91 Å². The topological polar surface area (TPSA) is 167 Å². The molecule has 5 amide bonds. The third-order valence-corrected chi connectivity index (χ3v) is 9.26. The van der Waals surface area contributed by atoms with Crippen LogP contribution in [-0.4, -0.2) is 77.5 Å². The second-order valence-corrected chi connectivity index (χ2v) is 14.4. The minimum atomic E-state index is -1.04. The maximum absolute atomic E-state index is 14.3. The smallest absolute Gasteiger partial charge is 0.316 e. The summed E-state index contributed by atoms with van der Waals surface area (Å²) in [5.41, 5.74) is -0.971. The zero-order valence-corrected chi connectivity index (χ0v) is 28.4. The van der Waals surface area contributed by atoms with Gasteiger partial charge in [0.2, 0.25) is 23.4 Å². The number of urea groups is 1. The van der Waals surface area contributed by atoms with Crippen LogP contribution in [0.25, 0.3) is 0 Å². The zero-order chi connectivity index (χ0) is 34.6. The fraction of sp³-hybridized carbons (Fsp3) is 0.647. The number of nitrogens with zero attached hydrogens (tertiary/aromatic N) is 1. The van der Waals surface area contributed by atoms with E-state index >= 15 is 0 Å². The highest BCUT2D eigenvalue weighted by Crippen LogP contribution is 2.65. The number of piperidine rings is 1. The Bertz CT molecular complexity index is 1310. The lowest BCUT2D eigenvalue weighted by atomic mass is 9.85. The molecule has 46 heavy (non-hydrogen) atoms. The number of fused-ring (bicyclic) bond motifs is 1. The van der Waals surface area contributed by atoms with Crippen LogP contribution >= 0.6 is 0 Å². The molecule has 2 aliphatic rings. The molecule has 1 saturated heterocycles. The maximum atomic E-state index is 14.3. The van der Waals surface area contributed by atoms with Gasteiger partial charge in [0.1, 0.15) is 12.1 Å². The van der Waals surface area contributed by atoms with E-state index in [1.54, 1.807) is 40.7 Å². The highest BCUT2D eigenvalue weighted by Gasteiger charge is 2.70. The molecule has 1 unspecified atom stereocenters. The number of rotatable bonds is 15. The minimum absolute atomic E-state index is 0.0542. The van der Waals surface area contributed by atoms with Gasteiger partial charge in [-0.05, 0) is 47.1 Å². The van der Waals surface area contributed by atoms with Crippen molar-refractivity contribution in [1.82, 2.24) is 26.2 Å². The molecular formula is C34H51N5O7. The Balaban J connectivity index is 1.83. The Morgan fingerprint density at radius 3 is 2.33 bits per heavy atom. The molecule has 4 N–H and O–H groups in total. The molecule has 6 atom stereocenters. The van der Waals surface area contributed by atoms with Crippen LogP contribution in [0.5, 0.6) is 0 Å². The third-order valence-electron chi connectivity index (χ3n) is 9.26. The predicted molar refractivity (Wildman–Crippen MR) is 173 cm³/mol. The molecule has 2 heterocycles. The van der Waals surface area contributed by atoms with Crippen molar-refractivity contribution < 1.29 is 33.2 Å². The molecule has 12 nitrogen and oxygen atoms in total. The van der Waals surface area contributed by atoms with Crippen molar-refractivity contribution in [3.8, 4) is 0 Å². The normalized spacial score (nSPS) is 21.8. The molecule has 3 rings (SSSR count). The van der Waals surface area contributed by atoms with Crippen LogP contribution in [0, 0.1) is 28.6 Å². The SMILES string of the molecule is C=CCNC(=O)C(=O)C(CCCC)NC(=O)[C@@H]1[C@@H]2[C@H](CN1C(=O)[C@@H](NC(=O)N[C@H](C(=O)c1ccco1)C(C)C)C(C)(C)C)C2(C)C. The number of unbranched alkanes of at least 4 members (excludes halogenated alkanes) is 1.